The Balaban J connectivity index is 2.45. The molecule has 0 aromatic carbocycles. The number of pyridine rings is 1. The van der Waals surface area contributed by atoms with Crippen molar-refractivity contribution in [2.45, 2.75) is 6.54 Å². The Hall–Kier alpha value is -1.93. The zero-order chi connectivity index (χ0) is 10.4. The van der Waals surface area contributed by atoms with Crippen LogP contribution in [0.2, 0.25) is 0 Å². The Morgan fingerprint density at radius 3 is 2.93 bits per heavy atom. The van der Waals surface area contributed by atoms with Crippen LogP contribution in [0.4, 0.5) is 0 Å². The molecule has 1 aromatic rings. The highest BCUT2D eigenvalue weighted by molar-refractivity contribution is 5.68. The summed E-state index contributed by atoms with van der Waals surface area (Å²) in [6, 6.07) is 5.23. The number of hydrogen-bond donors (Lipinski definition) is 2. The van der Waals surface area contributed by atoms with Gasteiger partial charge in [0.05, 0.1) is 6.54 Å². The first kappa shape index (κ1) is 10.2. The van der Waals surface area contributed by atoms with Crippen molar-refractivity contribution < 1.29 is 9.90 Å². The first-order chi connectivity index (χ1) is 6.72. The number of aliphatic carboxylic acids is 1. The standard InChI is InChI=1S/C9H9N3O2/c10-3-8-2-1-7(5-12-8)4-11-6-9(13)14/h1-2,5,11H,4,6H2,(H,13,14). The third-order valence-electron chi connectivity index (χ3n) is 1.54. The number of hydrogen-bond acceptors (Lipinski definition) is 4. The van der Waals surface area contributed by atoms with Crippen LogP contribution in [0.25, 0.3) is 0 Å². The molecule has 0 bridgehead atoms. The molecular weight excluding hydrogens is 182 g/mol. The number of aromatic nitrogens is 1. The number of carbonyl (C=O) groups is 1. The lowest BCUT2D eigenvalue weighted by Crippen LogP contribution is -2.21. The molecular formula is C9H9N3O2. The number of nitrogens with zero attached hydrogens (tertiary/aromatic N) is 2. The molecule has 0 aliphatic carbocycles. The first-order valence-electron chi connectivity index (χ1n) is 4.00. The van der Waals surface area contributed by atoms with Crippen LogP contribution in [0, 0.1) is 11.3 Å². The van der Waals surface area contributed by atoms with Gasteiger partial charge in [-0.3, -0.25) is 4.79 Å². The number of carboxylic acid groups (broad SMARTS) is 1. The largest absolute Gasteiger partial charge is 0.480 e. The van der Waals surface area contributed by atoms with Gasteiger partial charge in [-0.05, 0) is 11.6 Å². The average Bonchev–Trinajstić information content (AvgIpc) is 2.18. The lowest BCUT2D eigenvalue weighted by Gasteiger charge is -2.00. The van der Waals surface area contributed by atoms with Gasteiger partial charge in [0.2, 0.25) is 0 Å². The molecule has 0 radical (unpaired) electrons. The molecule has 0 aliphatic rings. The van der Waals surface area contributed by atoms with Crippen LogP contribution in [0.3, 0.4) is 0 Å². The molecule has 0 aliphatic heterocycles. The Morgan fingerprint density at radius 2 is 2.43 bits per heavy atom. The van der Waals surface area contributed by atoms with E-state index in [0.29, 0.717) is 12.2 Å². The van der Waals surface area contributed by atoms with Crippen LogP contribution >= 0.6 is 0 Å². The molecule has 0 unspecified atom stereocenters. The summed E-state index contributed by atoms with van der Waals surface area (Å²) in [5.74, 6) is -0.897. The van der Waals surface area contributed by atoms with Crippen LogP contribution in [-0.2, 0) is 11.3 Å². The minimum atomic E-state index is -0.897. The van der Waals surface area contributed by atoms with E-state index >= 15 is 0 Å². The second-order valence-electron chi connectivity index (χ2n) is 2.66. The predicted octanol–water partition coefficient (Wildman–Crippen LogP) is 0.127. The monoisotopic (exact) mass is 191 g/mol. The van der Waals surface area contributed by atoms with Crippen molar-refractivity contribution in [2.24, 2.45) is 0 Å². The van der Waals surface area contributed by atoms with Gasteiger partial charge >= 0.3 is 5.97 Å². The van der Waals surface area contributed by atoms with Gasteiger partial charge in [-0.25, -0.2) is 4.98 Å². The molecule has 1 aromatic heterocycles. The predicted molar refractivity (Wildman–Crippen MR) is 48.3 cm³/mol. The number of carboxylic acids is 1. The molecule has 1 heterocycles. The zero-order valence-electron chi connectivity index (χ0n) is 7.40. The Labute approximate surface area is 81.0 Å². The van der Waals surface area contributed by atoms with E-state index in [0.717, 1.165) is 5.56 Å². The molecule has 0 atom stereocenters. The molecule has 1 rings (SSSR count). The number of nitrogens with one attached hydrogen (secondary N) is 1. The molecule has 72 valence electrons. The van der Waals surface area contributed by atoms with Gasteiger partial charge in [0.25, 0.3) is 0 Å². The van der Waals surface area contributed by atoms with Gasteiger partial charge < -0.3 is 10.4 Å². The second-order valence-corrected chi connectivity index (χ2v) is 2.66. The fourth-order valence-corrected chi connectivity index (χ4v) is 0.909. The summed E-state index contributed by atoms with van der Waals surface area (Å²) in [7, 11) is 0. The summed E-state index contributed by atoms with van der Waals surface area (Å²) in [5.41, 5.74) is 1.21. The summed E-state index contributed by atoms with van der Waals surface area (Å²) in [6.07, 6.45) is 1.55. The second kappa shape index (κ2) is 4.94. The van der Waals surface area contributed by atoms with Crippen molar-refractivity contribution in [3.05, 3.63) is 29.6 Å². The Bertz CT molecular complexity index is 353. The summed E-state index contributed by atoms with van der Waals surface area (Å²) < 4.78 is 0. The minimum Gasteiger partial charge on any atom is -0.480 e. The topological polar surface area (TPSA) is 86.0 Å². The highest BCUT2D eigenvalue weighted by Crippen LogP contribution is 1.98. The Kier molecular flexibility index (Phi) is 3.58. The number of rotatable bonds is 4. The maximum atomic E-state index is 10.2. The van der Waals surface area contributed by atoms with Gasteiger partial charge in [-0.2, -0.15) is 5.26 Å². The molecule has 0 saturated heterocycles. The molecule has 2 N–H and O–H groups in total. The van der Waals surface area contributed by atoms with E-state index in [1.54, 1.807) is 18.3 Å². The normalized spacial score (nSPS) is 9.36. The van der Waals surface area contributed by atoms with Crippen molar-refractivity contribution in [3.8, 4) is 6.07 Å². The van der Waals surface area contributed by atoms with Gasteiger partial charge in [-0.15, -0.1) is 0 Å². The smallest absolute Gasteiger partial charge is 0.317 e. The van der Waals surface area contributed by atoms with Crippen molar-refractivity contribution in [2.75, 3.05) is 6.54 Å². The lowest BCUT2D eigenvalue weighted by atomic mass is 10.2. The van der Waals surface area contributed by atoms with Crippen molar-refractivity contribution in [3.63, 3.8) is 0 Å². The van der Waals surface area contributed by atoms with Crippen LogP contribution in [0.1, 0.15) is 11.3 Å². The van der Waals surface area contributed by atoms with Gasteiger partial charge in [0.15, 0.2) is 0 Å². The van der Waals surface area contributed by atoms with Crippen LogP contribution in [-0.4, -0.2) is 22.6 Å². The first-order valence-corrected chi connectivity index (χ1v) is 4.00. The summed E-state index contributed by atoms with van der Waals surface area (Å²) in [4.78, 5) is 14.0. The third kappa shape index (κ3) is 3.21. The molecule has 0 fully saturated rings. The highest BCUT2D eigenvalue weighted by atomic mass is 16.4. The molecule has 14 heavy (non-hydrogen) atoms. The summed E-state index contributed by atoms with van der Waals surface area (Å²) in [5, 5.41) is 19.5. The quantitative estimate of drug-likeness (QED) is 0.706. The summed E-state index contributed by atoms with van der Waals surface area (Å²) in [6.45, 7) is 0.352. The van der Waals surface area contributed by atoms with E-state index < -0.39 is 5.97 Å². The molecule has 0 saturated carbocycles. The highest BCUT2D eigenvalue weighted by Gasteiger charge is 1.97. The van der Waals surface area contributed by atoms with Crippen LogP contribution < -0.4 is 5.32 Å². The van der Waals surface area contributed by atoms with E-state index in [1.165, 1.54) is 0 Å². The molecule has 5 heteroatoms. The van der Waals surface area contributed by atoms with Crippen LogP contribution in [0.15, 0.2) is 18.3 Å². The zero-order valence-corrected chi connectivity index (χ0v) is 7.40. The minimum absolute atomic E-state index is 0.0833. The van der Waals surface area contributed by atoms with E-state index in [2.05, 4.69) is 10.3 Å². The SMILES string of the molecule is N#Cc1ccc(CNCC(=O)O)cn1. The molecule has 0 spiro atoms. The van der Waals surface area contributed by atoms with E-state index in [9.17, 15) is 4.79 Å². The van der Waals surface area contributed by atoms with Crippen molar-refractivity contribution >= 4 is 5.97 Å². The van der Waals surface area contributed by atoms with E-state index in [4.69, 9.17) is 10.4 Å². The fourth-order valence-electron chi connectivity index (χ4n) is 0.909. The van der Waals surface area contributed by atoms with Gasteiger partial charge in [0, 0.05) is 12.7 Å². The summed E-state index contributed by atoms with van der Waals surface area (Å²) >= 11 is 0. The maximum absolute atomic E-state index is 10.2. The third-order valence-corrected chi connectivity index (χ3v) is 1.54. The number of nitriles is 1. The maximum Gasteiger partial charge on any atom is 0.317 e. The van der Waals surface area contributed by atoms with Crippen LogP contribution in [0.5, 0.6) is 0 Å². The van der Waals surface area contributed by atoms with E-state index in [1.807, 2.05) is 6.07 Å². The lowest BCUT2D eigenvalue weighted by molar-refractivity contribution is -0.135. The van der Waals surface area contributed by atoms with E-state index in [-0.39, 0.29) is 6.54 Å². The molecule has 0 amide bonds. The van der Waals surface area contributed by atoms with Gasteiger partial charge in [0.1, 0.15) is 11.8 Å². The fraction of sp³-hybridized carbons (Fsp3) is 0.222. The van der Waals surface area contributed by atoms with Crippen molar-refractivity contribution in [1.29, 1.82) is 5.26 Å². The van der Waals surface area contributed by atoms with Gasteiger partial charge in [-0.1, -0.05) is 6.07 Å². The molecule has 5 nitrogen and oxygen atoms in total. The van der Waals surface area contributed by atoms with Crippen molar-refractivity contribution in [1.82, 2.24) is 10.3 Å². The average molecular weight is 191 g/mol. The Morgan fingerprint density at radius 1 is 1.64 bits per heavy atom.